The average Bonchev–Trinajstić information content (AvgIpc) is 2.30. The van der Waals surface area contributed by atoms with Gasteiger partial charge < -0.3 is 4.90 Å². The van der Waals surface area contributed by atoms with Crippen LogP contribution in [0.3, 0.4) is 0 Å². The fraction of sp³-hybridized carbons (Fsp3) is 0.500. The van der Waals surface area contributed by atoms with Crippen LogP contribution in [-0.2, 0) is 0 Å². The zero-order chi connectivity index (χ0) is 10.7. The van der Waals surface area contributed by atoms with Gasteiger partial charge in [0, 0.05) is 26.2 Å². The Kier molecular flexibility index (Phi) is 3.21. The molecule has 3 heteroatoms. The molecule has 1 radical (unpaired) electrons. The minimum atomic E-state index is -0.137. The number of rotatable bonds is 2. The molecule has 2 nitrogen and oxygen atoms in total. The lowest BCUT2D eigenvalue weighted by atomic mass is 10.0. The van der Waals surface area contributed by atoms with E-state index in [-0.39, 0.29) is 5.82 Å². The van der Waals surface area contributed by atoms with Crippen LogP contribution in [0.1, 0.15) is 12.8 Å². The van der Waals surface area contributed by atoms with Crippen molar-refractivity contribution < 1.29 is 4.39 Å². The third-order valence-electron chi connectivity index (χ3n) is 3.02. The fourth-order valence-corrected chi connectivity index (χ4v) is 2.06. The molecule has 81 valence electrons. The van der Waals surface area contributed by atoms with Gasteiger partial charge >= 0.3 is 0 Å². The largest absolute Gasteiger partial charge is 0.369 e. The second-order valence-electron chi connectivity index (χ2n) is 3.96. The Bertz CT molecular complexity index is 321. The summed E-state index contributed by atoms with van der Waals surface area (Å²) in [6.07, 6.45) is 2.07. The molecule has 1 aromatic carbocycles. The first-order valence-electron chi connectivity index (χ1n) is 5.39. The second-order valence-corrected chi connectivity index (χ2v) is 3.96. The van der Waals surface area contributed by atoms with Crippen LogP contribution in [0, 0.1) is 5.82 Å². The van der Waals surface area contributed by atoms with Crippen LogP contribution in [0.4, 0.5) is 10.1 Å². The van der Waals surface area contributed by atoms with Crippen LogP contribution < -0.4 is 10.2 Å². The summed E-state index contributed by atoms with van der Waals surface area (Å²) in [5.74, 6) is -0.137. The SMILES string of the molecule is CN(c1ccccc1F)C1CC[N]CC1. The van der Waals surface area contributed by atoms with Crippen LogP contribution >= 0.6 is 0 Å². The summed E-state index contributed by atoms with van der Waals surface area (Å²) in [6.45, 7) is 1.81. The molecule has 0 aliphatic carbocycles. The zero-order valence-electron chi connectivity index (χ0n) is 8.99. The van der Waals surface area contributed by atoms with E-state index in [4.69, 9.17) is 0 Å². The van der Waals surface area contributed by atoms with Crippen molar-refractivity contribution in [2.75, 3.05) is 25.0 Å². The molecule has 0 N–H and O–H groups in total. The Labute approximate surface area is 90.1 Å². The lowest BCUT2D eigenvalue weighted by Crippen LogP contribution is -2.39. The van der Waals surface area contributed by atoms with Crippen molar-refractivity contribution in [1.82, 2.24) is 5.32 Å². The van der Waals surface area contributed by atoms with Crippen LogP contribution in [0.5, 0.6) is 0 Å². The van der Waals surface area contributed by atoms with Crippen LogP contribution in [0.2, 0.25) is 0 Å². The number of benzene rings is 1. The molecule has 0 aromatic heterocycles. The van der Waals surface area contributed by atoms with Crippen molar-refractivity contribution in [2.24, 2.45) is 0 Å². The standard InChI is InChI=1S/C12H16FN2/c1-15(10-6-8-14-9-7-10)12-5-3-2-4-11(12)13/h2-5,10H,6-9H2,1H3. The van der Waals surface area contributed by atoms with Gasteiger partial charge in [-0.15, -0.1) is 0 Å². The second kappa shape index (κ2) is 4.62. The summed E-state index contributed by atoms with van der Waals surface area (Å²) < 4.78 is 13.5. The summed E-state index contributed by atoms with van der Waals surface area (Å²) in [4.78, 5) is 2.05. The molecule has 1 aliphatic heterocycles. The highest BCUT2D eigenvalue weighted by molar-refractivity contribution is 5.47. The number of para-hydroxylation sites is 1. The van der Waals surface area contributed by atoms with Gasteiger partial charge in [0.25, 0.3) is 0 Å². The predicted molar refractivity (Wildman–Crippen MR) is 59.7 cm³/mol. The molecule has 0 unspecified atom stereocenters. The fourth-order valence-electron chi connectivity index (χ4n) is 2.06. The van der Waals surface area contributed by atoms with Gasteiger partial charge in [0.05, 0.1) is 5.69 Å². The number of hydrogen-bond donors (Lipinski definition) is 0. The predicted octanol–water partition coefficient (Wildman–Crippen LogP) is 2.03. The van der Waals surface area contributed by atoms with Crippen molar-refractivity contribution >= 4 is 5.69 Å². The molecule has 15 heavy (non-hydrogen) atoms. The first-order chi connectivity index (χ1) is 7.29. The Morgan fingerprint density at radius 3 is 2.60 bits per heavy atom. The van der Waals surface area contributed by atoms with Gasteiger partial charge in [0.2, 0.25) is 0 Å². The Hall–Kier alpha value is -1.09. The quantitative estimate of drug-likeness (QED) is 0.725. The average molecular weight is 207 g/mol. The molecule has 0 atom stereocenters. The molecule has 1 fully saturated rings. The smallest absolute Gasteiger partial charge is 0.146 e. The minimum absolute atomic E-state index is 0.137. The zero-order valence-corrected chi connectivity index (χ0v) is 8.99. The van der Waals surface area contributed by atoms with E-state index in [0.717, 1.165) is 25.9 Å². The number of hydrogen-bond acceptors (Lipinski definition) is 1. The molecule has 0 bridgehead atoms. The maximum absolute atomic E-state index is 13.5. The summed E-state index contributed by atoms with van der Waals surface area (Å²) in [5, 5.41) is 4.31. The molecule has 0 amide bonds. The minimum Gasteiger partial charge on any atom is -0.369 e. The van der Waals surface area contributed by atoms with Crippen LogP contribution in [0.25, 0.3) is 0 Å². The molecular formula is C12H16FN2. The van der Waals surface area contributed by atoms with E-state index >= 15 is 0 Å². The summed E-state index contributed by atoms with van der Waals surface area (Å²) in [5.41, 5.74) is 0.699. The first kappa shape index (κ1) is 10.4. The summed E-state index contributed by atoms with van der Waals surface area (Å²) >= 11 is 0. The van der Waals surface area contributed by atoms with E-state index in [2.05, 4.69) is 5.32 Å². The third kappa shape index (κ3) is 2.29. The summed E-state index contributed by atoms with van der Waals surface area (Å²) in [7, 11) is 1.97. The van der Waals surface area contributed by atoms with Gasteiger partial charge in [0.15, 0.2) is 0 Å². The highest BCUT2D eigenvalue weighted by Crippen LogP contribution is 2.22. The van der Waals surface area contributed by atoms with E-state index in [0.29, 0.717) is 11.7 Å². The van der Waals surface area contributed by atoms with Crippen LogP contribution in [0.15, 0.2) is 24.3 Å². The molecule has 1 heterocycles. The van der Waals surface area contributed by atoms with Gasteiger partial charge in [-0.25, -0.2) is 9.71 Å². The van der Waals surface area contributed by atoms with E-state index in [1.165, 1.54) is 6.07 Å². The van der Waals surface area contributed by atoms with E-state index in [9.17, 15) is 4.39 Å². The van der Waals surface area contributed by atoms with E-state index in [1.807, 2.05) is 24.1 Å². The molecule has 1 saturated heterocycles. The van der Waals surface area contributed by atoms with Crippen molar-refractivity contribution in [3.63, 3.8) is 0 Å². The van der Waals surface area contributed by atoms with Crippen molar-refractivity contribution in [2.45, 2.75) is 18.9 Å². The molecule has 0 spiro atoms. The van der Waals surface area contributed by atoms with E-state index < -0.39 is 0 Å². The van der Waals surface area contributed by atoms with Gasteiger partial charge in [-0.05, 0) is 25.0 Å². The van der Waals surface area contributed by atoms with Crippen molar-refractivity contribution in [3.8, 4) is 0 Å². The molecular weight excluding hydrogens is 191 g/mol. The topological polar surface area (TPSA) is 17.3 Å². The highest BCUT2D eigenvalue weighted by Gasteiger charge is 2.20. The molecule has 1 aromatic rings. The monoisotopic (exact) mass is 207 g/mol. The number of piperidine rings is 1. The van der Waals surface area contributed by atoms with Gasteiger partial charge in [-0.1, -0.05) is 12.1 Å². The van der Waals surface area contributed by atoms with Crippen molar-refractivity contribution in [3.05, 3.63) is 30.1 Å². The van der Waals surface area contributed by atoms with Crippen molar-refractivity contribution in [1.29, 1.82) is 0 Å². The van der Waals surface area contributed by atoms with Gasteiger partial charge in [-0.3, -0.25) is 0 Å². The molecule has 2 rings (SSSR count). The number of anilines is 1. The van der Waals surface area contributed by atoms with Crippen LogP contribution in [-0.4, -0.2) is 26.2 Å². The third-order valence-corrected chi connectivity index (χ3v) is 3.02. The summed E-state index contributed by atoms with van der Waals surface area (Å²) in [6, 6.07) is 7.38. The maximum Gasteiger partial charge on any atom is 0.146 e. The number of halogens is 1. The van der Waals surface area contributed by atoms with E-state index in [1.54, 1.807) is 6.07 Å². The maximum atomic E-state index is 13.5. The lowest BCUT2D eigenvalue weighted by Gasteiger charge is -2.32. The normalized spacial score (nSPS) is 17.7. The Balaban J connectivity index is 2.12. The van der Waals surface area contributed by atoms with Gasteiger partial charge in [0.1, 0.15) is 5.82 Å². The van der Waals surface area contributed by atoms with Gasteiger partial charge in [-0.2, -0.15) is 0 Å². The molecule has 1 aliphatic rings. The highest BCUT2D eigenvalue weighted by atomic mass is 19.1. The molecule has 0 saturated carbocycles. The Morgan fingerprint density at radius 1 is 1.27 bits per heavy atom. The Morgan fingerprint density at radius 2 is 1.93 bits per heavy atom. The first-order valence-corrected chi connectivity index (χ1v) is 5.39. The number of nitrogens with zero attached hydrogens (tertiary/aromatic N) is 2. The lowest BCUT2D eigenvalue weighted by molar-refractivity contribution is 0.434.